The van der Waals surface area contributed by atoms with Crippen LogP contribution < -0.4 is 0 Å². The number of hydrogen-bond acceptors (Lipinski definition) is 1. The van der Waals surface area contributed by atoms with Gasteiger partial charge in [0.1, 0.15) is 0 Å². The molecule has 0 bridgehead atoms. The van der Waals surface area contributed by atoms with E-state index in [2.05, 4.69) is 6.92 Å². The minimum absolute atomic E-state index is 0.816. The highest BCUT2D eigenvalue weighted by Gasteiger charge is 2.30. The fraction of sp³-hybridized carbons (Fsp3) is 0.857. The molecule has 0 amide bonds. The summed E-state index contributed by atoms with van der Waals surface area (Å²) in [6.07, 6.45) is 21.1. The smallest absolute Gasteiger partial charge is 0.327 e. The SMILES string of the molecule is CCCCC1CCC(C2CCC(CC/C=C/C(=O)O)CC2)CC1. The third kappa shape index (κ3) is 6.69. The molecule has 2 heteroatoms. The first kappa shape index (κ1) is 18.5. The number of carbonyl (C=O) groups is 1. The molecule has 0 aliphatic heterocycles. The number of allylic oxidation sites excluding steroid dienone is 1. The van der Waals surface area contributed by atoms with Crippen LogP contribution in [0.2, 0.25) is 0 Å². The average molecular weight is 321 g/mol. The van der Waals surface area contributed by atoms with Gasteiger partial charge in [-0.15, -0.1) is 0 Å². The van der Waals surface area contributed by atoms with E-state index in [0.29, 0.717) is 0 Å². The van der Waals surface area contributed by atoms with Crippen molar-refractivity contribution in [2.75, 3.05) is 0 Å². The van der Waals surface area contributed by atoms with E-state index in [1.807, 2.05) is 6.08 Å². The van der Waals surface area contributed by atoms with E-state index in [1.165, 1.54) is 83.1 Å². The molecule has 0 saturated heterocycles. The lowest BCUT2D eigenvalue weighted by Gasteiger charge is -2.38. The van der Waals surface area contributed by atoms with Crippen molar-refractivity contribution >= 4 is 5.97 Å². The molecule has 0 unspecified atom stereocenters. The van der Waals surface area contributed by atoms with Crippen molar-refractivity contribution in [2.24, 2.45) is 23.7 Å². The van der Waals surface area contributed by atoms with Crippen LogP contribution in [0.25, 0.3) is 0 Å². The first-order chi connectivity index (χ1) is 11.2. The molecular formula is C21H36O2. The van der Waals surface area contributed by atoms with Crippen LogP contribution in [-0.2, 0) is 4.79 Å². The Kier molecular flexibility index (Phi) is 8.19. The molecule has 132 valence electrons. The second-order valence-electron chi connectivity index (χ2n) is 8.02. The zero-order valence-electron chi connectivity index (χ0n) is 15.0. The van der Waals surface area contributed by atoms with Crippen LogP contribution in [-0.4, -0.2) is 11.1 Å². The van der Waals surface area contributed by atoms with Gasteiger partial charge >= 0.3 is 5.97 Å². The molecule has 0 aromatic rings. The second-order valence-corrected chi connectivity index (χ2v) is 8.02. The summed E-state index contributed by atoms with van der Waals surface area (Å²) in [7, 11) is 0. The molecule has 2 fully saturated rings. The van der Waals surface area contributed by atoms with Crippen LogP contribution >= 0.6 is 0 Å². The monoisotopic (exact) mass is 320 g/mol. The summed E-state index contributed by atoms with van der Waals surface area (Å²) >= 11 is 0. The van der Waals surface area contributed by atoms with Crippen molar-refractivity contribution in [1.29, 1.82) is 0 Å². The maximum Gasteiger partial charge on any atom is 0.327 e. The molecule has 0 aromatic heterocycles. The van der Waals surface area contributed by atoms with Crippen molar-refractivity contribution in [3.05, 3.63) is 12.2 Å². The van der Waals surface area contributed by atoms with Crippen molar-refractivity contribution < 1.29 is 9.90 Å². The van der Waals surface area contributed by atoms with Gasteiger partial charge in [0.2, 0.25) is 0 Å². The predicted octanol–water partition coefficient (Wildman–Crippen LogP) is 6.21. The Bertz CT molecular complexity index is 358. The van der Waals surface area contributed by atoms with Gasteiger partial charge in [-0.2, -0.15) is 0 Å². The molecule has 1 N–H and O–H groups in total. The standard InChI is InChI=1S/C21H36O2/c1-2-3-6-17-9-13-19(14-10-17)20-15-11-18(12-16-20)7-4-5-8-21(22)23/h5,8,17-20H,2-4,6-7,9-16H2,1H3,(H,22,23)/b8-5+. The minimum Gasteiger partial charge on any atom is -0.478 e. The molecule has 0 heterocycles. The summed E-state index contributed by atoms with van der Waals surface area (Å²) in [5.41, 5.74) is 0. The minimum atomic E-state index is -0.816. The van der Waals surface area contributed by atoms with Crippen molar-refractivity contribution in [3.8, 4) is 0 Å². The van der Waals surface area contributed by atoms with E-state index < -0.39 is 5.97 Å². The number of carboxylic acids is 1. The Morgan fingerprint density at radius 3 is 1.91 bits per heavy atom. The highest BCUT2D eigenvalue weighted by atomic mass is 16.4. The van der Waals surface area contributed by atoms with E-state index in [9.17, 15) is 4.79 Å². The summed E-state index contributed by atoms with van der Waals surface area (Å²) in [6, 6.07) is 0. The highest BCUT2D eigenvalue weighted by Crippen LogP contribution is 2.43. The third-order valence-electron chi connectivity index (χ3n) is 6.42. The fourth-order valence-electron chi connectivity index (χ4n) is 4.91. The van der Waals surface area contributed by atoms with E-state index in [0.717, 1.165) is 30.1 Å². The van der Waals surface area contributed by atoms with Gasteiger partial charge in [0.15, 0.2) is 0 Å². The van der Waals surface area contributed by atoms with Crippen LogP contribution in [0.3, 0.4) is 0 Å². The van der Waals surface area contributed by atoms with Gasteiger partial charge in [-0.25, -0.2) is 4.79 Å². The van der Waals surface area contributed by atoms with Gasteiger partial charge in [-0.3, -0.25) is 0 Å². The van der Waals surface area contributed by atoms with E-state index in [4.69, 9.17) is 5.11 Å². The molecule has 0 atom stereocenters. The first-order valence-electron chi connectivity index (χ1n) is 10.1. The largest absolute Gasteiger partial charge is 0.478 e. The van der Waals surface area contributed by atoms with Crippen molar-refractivity contribution in [1.82, 2.24) is 0 Å². The number of aliphatic carboxylic acids is 1. The summed E-state index contributed by atoms with van der Waals surface area (Å²) in [5, 5.41) is 8.61. The Balaban J connectivity index is 1.60. The van der Waals surface area contributed by atoms with Crippen LogP contribution in [0, 0.1) is 23.7 Å². The van der Waals surface area contributed by atoms with Gasteiger partial charge in [-0.05, 0) is 62.2 Å². The summed E-state index contributed by atoms with van der Waals surface area (Å²) < 4.78 is 0. The molecule has 2 nitrogen and oxygen atoms in total. The molecular weight excluding hydrogens is 284 g/mol. The lowest BCUT2D eigenvalue weighted by Crippen LogP contribution is -2.25. The Labute approximate surface area is 142 Å². The van der Waals surface area contributed by atoms with Crippen LogP contribution in [0.15, 0.2) is 12.2 Å². The fourth-order valence-corrected chi connectivity index (χ4v) is 4.91. The summed E-state index contributed by atoms with van der Waals surface area (Å²) in [5.74, 6) is 3.06. The molecule has 2 aliphatic carbocycles. The lowest BCUT2D eigenvalue weighted by molar-refractivity contribution is -0.131. The average Bonchev–Trinajstić information content (AvgIpc) is 2.58. The van der Waals surface area contributed by atoms with Crippen LogP contribution in [0.1, 0.15) is 90.4 Å². The highest BCUT2D eigenvalue weighted by molar-refractivity contribution is 5.79. The van der Waals surface area contributed by atoms with E-state index in [-0.39, 0.29) is 0 Å². The van der Waals surface area contributed by atoms with Crippen LogP contribution in [0.5, 0.6) is 0 Å². The lowest BCUT2D eigenvalue weighted by atomic mass is 9.68. The molecule has 2 aliphatic rings. The number of rotatable bonds is 8. The summed E-state index contributed by atoms with van der Waals surface area (Å²) in [6.45, 7) is 2.31. The van der Waals surface area contributed by atoms with E-state index in [1.54, 1.807) is 0 Å². The maximum absolute atomic E-state index is 10.5. The zero-order chi connectivity index (χ0) is 16.5. The zero-order valence-corrected chi connectivity index (χ0v) is 15.0. The van der Waals surface area contributed by atoms with Crippen molar-refractivity contribution in [2.45, 2.75) is 90.4 Å². The van der Waals surface area contributed by atoms with Crippen LogP contribution in [0.4, 0.5) is 0 Å². The predicted molar refractivity (Wildman–Crippen MR) is 96.4 cm³/mol. The quantitative estimate of drug-likeness (QED) is 0.540. The second kappa shape index (κ2) is 10.2. The maximum atomic E-state index is 10.5. The summed E-state index contributed by atoms with van der Waals surface area (Å²) in [4.78, 5) is 10.5. The molecule has 0 aromatic carbocycles. The topological polar surface area (TPSA) is 37.3 Å². The van der Waals surface area contributed by atoms with Gasteiger partial charge in [0, 0.05) is 6.08 Å². The Morgan fingerprint density at radius 1 is 0.913 bits per heavy atom. The molecule has 0 spiro atoms. The molecule has 23 heavy (non-hydrogen) atoms. The van der Waals surface area contributed by atoms with Gasteiger partial charge in [-0.1, -0.05) is 57.9 Å². The number of carboxylic acid groups (broad SMARTS) is 1. The number of unbranched alkanes of at least 4 members (excludes halogenated alkanes) is 1. The first-order valence-corrected chi connectivity index (χ1v) is 10.1. The van der Waals surface area contributed by atoms with Gasteiger partial charge in [0.05, 0.1) is 0 Å². The number of hydrogen-bond donors (Lipinski definition) is 1. The molecule has 0 radical (unpaired) electrons. The third-order valence-corrected chi connectivity index (χ3v) is 6.42. The Hall–Kier alpha value is -0.790. The Morgan fingerprint density at radius 2 is 1.43 bits per heavy atom. The normalized spacial score (nSPS) is 32.2. The van der Waals surface area contributed by atoms with Crippen molar-refractivity contribution in [3.63, 3.8) is 0 Å². The van der Waals surface area contributed by atoms with Gasteiger partial charge < -0.3 is 5.11 Å². The van der Waals surface area contributed by atoms with Gasteiger partial charge in [0.25, 0.3) is 0 Å². The molecule has 2 saturated carbocycles. The van der Waals surface area contributed by atoms with E-state index >= 15 is 0 Å². The molecule has 2 rings (SSSR count).